The van der Waals surface area contributed by atoms with Crippen molar-refractivity contribution in [3.8, 4) is 0 Å². The molecule has 0 spiro atoms. The Morgan fingerprint density at radius 3 is 2.71 bits per heavy atom. The summed E-state index contributed by atoms with van der Waals surface area (Å²) in [5, 5.41) is 12.5. The van der Waals surface area contributed by atoms with Crippen LogP contribution in [0.4, 0.5) is 0 Å². The van der Waals surface area contributed by atoms with Crippen molar-refractivity contribution in [1.29, 1.82) is 0 Å². The molecule has 1 aliphatic heterocycles. The molecule has 0 bridgehead atoms. The van der Waals surface area contributed by atoms with Crippen LogP contribution in [-0.2, 0) is 4.79 Å². The summed E-state index contributed by atoms with van der Waals surface area (Å²) in [6.45, 7) is 3.89. The lowest BCUT2D eigenvalue weighted by Crippen LogP contribution is -2.38. The van der Waals surface area contributed by atoms with E-state index in [0.717, 1.165) is 25.6 Å². The van der Waals surface area contributed by atoms with Crippen LogP contribution >= 0.6 is 0 Å². The molecule has 0 amide bonds. The van der Waals surface area contributed by atoms with Gasteiger partial charge in [0.1, 0.15) is 0 Å². The molecule has 2 N–H and O–H groups in total. The molecular formula is C20H28N2O2. The topological polar surface area (TPSA) is 52.6 Å². The van der Waals surface area contributed by atoms with Crippen LogP contribution in [-0.4, -0.2) is 48.2 Å². The molecule has 2 aliphatic rings. The number of rotatable bonds is 8. The van der Waals surface area contributed by atoms with Gasteiger partial charge in [0, 0.05) is 12.6 Å². The number of likely N-dealkylation sites (tertiary alicyclic amines) is 1. The number of carbonyl (C=O) groups is 1. The Morgan fingerprint density at radius 1 is 1.25 bits per heavy atom. The number of aliphatic carboxylic acids is 1. The quantitative estimate of drug-likeness (QED) is 0.770. The van der Waals surface area contributed by atoms with Crippen molar-refractivity contribution in [2.24, 2.45) is 11.8 Å². The Kier molecular flexibility index (Phi) is 6.05. The summed E-state index contributed by atoms with van der Waals surface area (Å²) < 4.78 is 0. The van der Waals surface area contributed by atoms with Gasteiger partial charge in [-0.15, -0.1) is 0 Å². The molecule has 1 aromatic carbocycles. The lowest BCUT2D eigenvalue weighted by atomic mass is 9.96. The van der Waals surface area contributed by atoms with E-state index in [4.69, 9.17) is 5.11 Å². The molecule has 1 heterocycles. The van der Waals surface area contributed by atoms with Gasteiger partial charge in [-0.25, -0.2) is 0 Å². The monoisotopic (exact) mass is 328 g/mol. The highest BCUT2D eigenvalue weighted by atomic mass is 16.4. The van der Waals surface area contributed by atoms with E-state index in [-0.39, 0.29) is 6.42 Å². The summed E-state index contributed by atoms with van der Waals surface area (Å²) in [7, 11) is 0. The second kappa shape index (κ2) is 8.45. The van der Waals surface area contributed by atoms with Crippen LogP contribution in [0.15, 0.2) is 36.4 Å². The first kappa shape index (κ1) is 17.2. The first-order valence-corrected chi connectivity index (χ1v) is 9.11. The molecule has 4 heteroatoms. The number of benzene rings is 1. The summed E-state index contributed by atoms with van der Waals surface area (Å²) in [6.07, 6.45) is 8.45. The highest BCUT2D eigenvalue weighted by Gasteiger charge is 2.34. The lowest BCUT2D eigenvalue weighted by molar-refractivity contribution is -0.137. The summed E-state index contributed by atoms with van der Waals surface area (Å²) in [5.41, 5.74) is 1.27. The fourth-order valence-electron chi connectivity index (χ4n) is 3.45. The highest BCUT2D eigenvalue weighted by Crippen LogP contribution is 2.32. The molecular weight excluding hydrogens is 300 g/mol. The van der Waals surface area contributed by atoms with E-state index in [9.17, 15) is 4.79 Å². The number of hydrogen-bond donors (Lipinski definition) is 2. The van der Waals surface area contributed by atoms with Gasteiger partial charge in [-0.05, 0) is 56.3 Å². The van der Waals surface area contributed by atoms with Crippen LogP contribution in [0.2, 0.25) is 0 Å². The summed E-state index contributed by atoms with van der Waals surface area (Å²) >= 11 is 0. The molecule has 2 fully saturated rings. The maximum absolute atomic E-state index is 10.6. The molecule has 1 saturated heterocycles. The molecule has 24 heavy (non-hydrogen) atoms. The minimum Gasteiger partial charge on any atom is -0.481 e. The number of carboxylic acids is 1. The molecule has 4 nitrogen and oxygen atoms in total. The summed E-state index contributed by atoms with van der Waals surface area (Å²) in [4.78, 5) is 12.9. The lowest BCUT2D eigenvalue weighted by Gasteiger charge is -2.31. The molecule has 1 saturated carbocycles. The van der Waals surface area contributed by atoms with Crippen LogP contribution in [0, 0.1) is 11.8 Å². The van der Waals surface area contributed by atoms with Gasteiger partial charge in [0.2, 0.25) is 0 Å². The average molecular weight is 328 g/mol. The second-order valence-electron chi connectivity index (χ2n) is 7.11. The number of nitrogens with one attached hydrogen (secondary N) is 1. The third kappa shape index (κ3) is 5.46. The van der Waals surface area contributed by atoms with Crippen molar-refractivity contribution >= 4 is 12.0 Å². The molecule has 0 aromatic heterocycles. The fraction of sp³-hybridized carbons (Fsp3) is 0.550. The third-order valence-electron chi connectivity index (χ3n) is 5.19. The van der Waals surface area contributed by atoms with Crippen molar-refractivity contribution in [1.82, 2.24) is 10.2 Å². The van der Waals surface area contributed by atoms with Crippen molar-refractivity contribution in [2.75, 3.05) is 26.2 Å². The smallest absolute Gasteiger partial charge is 0.304 e. The summed E-state index contributed by atoms with van der Waals surface area (Å²) in [6, 6.07) is 11.1. The fourth-order valence-corrected chi connectivity index (χ4v) is 3.45. The Hall–Kier alpha value is -1.65. The Balaban J connectivity index is 1.30. The molecule has 1 aliphatic carbocycles. The predicted octanol–water partition coefficient (Wildman–Crippen LogP) is 2.86. The minimum absolute atomic E-state index is 0.264. The van der Waals surface area contributed by atoms with Gasteiger partial charge in [-0.1, -0.05) is 42.5 Å². The SMILES string of the molecule is O=C(O)CCN1CCC(CNC2CC2C=Cc2ccccc2)CC1. The van der Waals surface area contributed by atoms with Crippen molar-refractivity contribution in [3.05, 3.63) is 42.0 Å². The highest BCUT2D eigenvalue weighted by molar-refractivity contribution is 5.66. The van der Waals surface area contributed by atoms with Crippen molar-refractivity contribution in [3.63, 3.8) is 0 Å². The van der Waals surface area contributed by atoms with Crippen molar-refractivity contribution < 1.29 is 9.90 Å². The van der Waals surface area contributed by atoms with Gasteiger partial charge in [0.05, 0.1) is 6.42 Å². The zero-order valence-corrected chi connectivity index (χ0v) is 14.2. The normalized spacial score (nSPS) is 25.2. The van der Waals surface area contributed by atoms with Gasteiger partial charge >= 0.3 is 5.97 Å². The first-order chi connectivity index (χ1) is 11.7. The Morgan fingerprint density at radius 2 is 2.00 bits per heavy atom. The maximum Gasteiger partial charge on any atom is 0.304 e. The van der Waals surface area contributed by atoms with Gasteiger partial charge in [-0.3, -0.25) is 4.79 Å². The van der Waals surface area contributed by atoms with Gasteiger partial charge in [0.25, 0.3) is 0 Å². The second-order valence-corrected chi connectivity index (χ2v) is 7.11. The Bertz CT molecular complexity index is 550. The van der Waals surface area contributed by atoms with Gasteiger partial charge in [0.15, 0.2) is 0 Å². The van der Waals surface area contributed by atoms with E-state index < -0.39 is 5.97 Å². The van der Waals surface area contributed by atoms with Crippen LogP contribution < -0.4 is 5.32 Å². The number of carboxylic acid groups (broad SMARTS) is 1. The minimum atomic E-state index is -0.692. The van der Waals surface area contributed by atoms with Gasteiger partial charge in [-0.2, -0.15) is 0 Å². The summed E-state index contributed by atoms with van der Waals surface area (Å²) in [5.74, 6) is 0.730. The zero-order valence-electron chi connectivity index (χ0n) is 14.2. The average Bonchev–Trinajstić information content (AvgIpc) is 3.37. The number of nitrogens with zero attached hydrogens (tertiary/aromatic N) is 1. The van der Waals surface area contributed by atoms with E-state index >= 15 is 0 Å². The molecule has 2 atom stereocenters. The van der Waals surface area contributed by atoms with Crippen LogP contribution in [0.3, 0.4) is 0 Å². The molecule has 2 unspecified atom stereocenters. The maximum atomic E-state index is 10.6. The zero-order chi connectivity index (χ0) is 16.8. The van der Waals surface area contributed by atoms with E-state index in [1.54, 1.807) is 0 Å². The molecule has 1 aromatic rings. The van der Waals surface area contributed by atoms with Crippen LogP contribution in [0.25, 0.3) is 6.08 Å². The van der Waals surface area contributed by atoms with Crippen LogP contribution in [0.5, 0.6) is 0 Å². The first-order valence-electron chi connectivity index (χ1n) is 9.11. The van der Waals surface area contributed by atoms with E-state index in [0.29, 0.717) is 18.5 Å². The molecule has 0 radical (unpaired) electrons. The standard InChI is InChI=1S/C20H28N2O2/c23-20(24)10-13-22-11-8-17(9-12-22)15-21-19-14-18(19)7-6-16-4-2-1-3-5-16/h1-7,17-19,21H,8-15H2,(H,23,24). The molecule has 3 rings (SSSR count). The predicted molar refractivity (Wildman–Crippen MR) is 96.8 cm³/mol. The van der Waals surface area contributed by atoms with Crippen molar-refractivity contribution in [2.45, 2.75) is 31.7 Å². The third-order valence-corrected chi connectivity index (χ3v) is 5.19. The van der Waals surface area contributed by atoms with Crippen LogP contribution in [0.1, 0.15) is 31.2 Å². The van der Waals surface area contributed by atoms with Gasteiger partial charge < -0.3 is 15.3 Å². The van der Waals surface area contributed by atoms with E-state index in [1.165, 1.54) is 24.8 Å². The Labute approximate surface area is 144 Å². The largest absolute Gasteiger partial charge is 0.481 e. The number of hydrogen-bond acceptors (Lipinski definition) is 3. The van der Waals surface area contributed by atoms with E-state index in [2.05, 4.69) is 46.6 Å². The molecule has 130 valence electrons. The van der Waals surface area contributed by atoms with E-state index in [1.807, 2.05) is 6.07 Å². The number of piperidine rings is 1.